The Bertz CT molecular complexity index is 1020. The maximum Gasteiger partial charge on any atom is 0.257 e. The van der Waals surface area contributed by atoms with Gasteiger partial charge in [0.2, 0.25) is 0 Å². The zero-order valence-electron chi connectivity index (χ0n) is 16.3. The molecule has 0 bridgehead atoms. The van der Waals surface area contributed by atoms with Gasteiger partial charge in [-0.1, -0.05) is 25.1 Å². The molecule has 0 atom stereocenters. The van der Waals surface area contributed by atoms with E-state index in [-0.39, 0.29) is 11.8 Å². The number of benzene rings is 1. The van der Waals surface area contributed by atoms with Crippen LogP contribution in [0.2, 0.25) is 0 Å². The van der Waals surface area contributed by atoms with Crippen molar-refractivity contribution >= 4 is 28.5 Å². The average molecular weight is 389 g/mol. The monoisotopic (exact) mass is 389 g/mol. The number of hydrogen-bond donors (Lipinski definition) is 1. The third-order valence-corrected chi connectivity index (χ3v) is 5.25. The van der Waals surface area contributed by atoms with Crippen molar-refractivity contribution in [1.29, 1.82) is 0 Å². The molecule has 148 valence electrons. The van der Waals surface area contributed by atoms with E-state index in [0.29, 0.717) is 16.9 Å². The molecule has 1 aromatic carbocycles. The zero-order chi connectivity index (χ0) is 20.2. The zero-order valence-corrected chi connectivity index (χ0v) is 16.3. The standard InChI is InChI=1S/C22H23N5O2/c1-2-26-11-13-27(14-12-26)22(29)16-7-8-20(24-15-16)25-21(28)18-9-10-23-19-6-4-3-5-17(18)19/h3-10,15H,2,11-14H2,1H3,(H,24,25,28). The second-order valence-corrected chi connectivity index (χ2v) is 6.99. The lowest BCUT2D eigenvalue weighted by Crippen LogP contribution is -2.48. The van der Waals surface area contributed by atoms with Crippen molar-refractivity contribution in [3.05, 3.63) is 66.0 Å². The molecule has 1 saturated heterocycles. The molecular formula is C22H23N5O2. The van der Waals surface area contributed by atoms with E-state index in [1.165, 1.54) is 6.20 Å². The molecule has 0 aliphatic carbocycles. The summed E-state index contributed by atoms with van der Waals surface area (Å²) in [4.78, 5) is 38.1. The van der Waals surface area contributed by atoms with E-state index in [1.54, 1.807) is 24.4 Å². The molecular weight excluding hydrogens is 366 g/mol. The summed E-state index contributed by atoms with van der Waals surface area (Å²) in [6.07, 6.45) is 3.14. The number of nitrogens with one attached hydrogen (secondary N) is 1. The van der Waals surface area contributed by atoms with Gasteiger partial charge in [0, 0.05) is 44.0 Å². The second-order valence-electron chi connectivity index (χ2n) is 6.99. The number of amides is 2. The van der Waals surface area contributed by atoms with Crippen LogP contribution < -0.4 is 5.32 Å². The number of anilines is 1. The van der Waals surface area contributed by atoms with E-state index in [4.69, 9.17) is 0 Å². The molecule has 3 heterocycles. The van der Waals surface area contributed by atoms with Crippen LogP contribution in [0, 0.1) is 0 Å². The van der Waals surface area contributed by atoms with Crippen molar-refractivity contribution in [3.8, 4) is 0 Å². The Kier molecular flexibility index (Phi) is 5.48. The molecule has 29 heavy (non-hydrogen) atoms. The number of hydrogen-bond acceptors (Lipinski definition) is 5. The molecule has 0 spiro atoms. The fraction of sp³-hybridized carbons (Fsp3) is 0.273. The van der Waals surface area contributed by atoms with Crippen molar-refractivity contribution in [2.45, 2.75) is 6.92 Å². The van der Waals surface area contributed by atoms with Gasteiger partial charge >= 0.3 is 0 Å². The SMILES string of the molecule is CCN1CCN(C(=O)c2ccc(NC(=O)c3ccnc4ccccc34)nc2)CC1. The van der Waals surface area contributed by atoms with Crippen LogP contribution in [0.25, 0.3) is 10.9 Å². The highest BCUT2D eigenvalue weighted by atomic mass is 16.2. The van der Waals surface area contributed by atoms with E-state index in [9.17, 15) is 9.59 Å². The van der Waals surface area contributed by atoms with E-state index in [2.05, 4.69) is 27.1 Å². The molecule has 0 radical (unpaired) electrons. The quantitative estimate of drug-likeness (QED) is 0.742. The van der Waals surface area contributed by atoms with Crippen molar-refractivity contribution in [2.75, 3.05) is 38.0 Å². The number of aromatic nitrogens is 2. The van der Waals surface area contributed by atoms with E-state index >= 15 is 0 Å². The predicted molar refractivity (Wildman–Crippen MR) is 112 cm³/mol. The van der Waals surface area contributed by atoms with Gasteiger partial charge in [-0.15, -0.1) is 0 Å². The van der Waals surface area contributed by atoms with E-state index in [0.717, 1.165) is 43.6 Å². The molecule has 1 N–H and O–H groups in total. The molecule has 1 fully saturated rings. The van der Waals surface area contributed by atoms with Crippen LogP contribution in [0.1, 0.15) is 27.6 Å². The van der Waals surface area contributed by atoms with Crippen molar-refractivity contribution in [3.63, 3.8) is 0 Å². The first kappa shape index (κ1) is 19.0. The van der Waals surface area contributed by atoms with Gasteiger partial charge in [0.1, 0.15) is 5.82 Å². The number of nitrogens with zero attached hydrogens (tertiary/aromatic N) is 4. The second kappa shape index (κ2) is 8.36. The van der Waals surface area contributed by atoms with Gasteiger partial charge < -0.3 is 15.1 Å². The van der Waals surface area contributed by atoms with Gasteiger partial charge in [-0.3, -0.25) is 14.6 Å². The fourth-order valence-corrected chi connectivity index (χ4v) is 3.52. The Balaban J connectivity index is 1.44. The number of carbonyl (C=O) groups is 2. The number of carbonyl (C=O) groups excluding carboxylic acids is 2. The molecule has 1 aliphatic heterocycles. The smallest absolute Gasteiger partial charge is 0.257 e. The topological polar surface area (TPSA) is 78.4 Å². The van der Waals surface area contributed by atoms with Crippen molar-refractivity contribution in [2.24, 2.45) is 0 Å². The molecule has 4 rings (SSSR count). The van der Waals surface area contributed by atoms with Crippen LogP contribution in [0.5, 0.6) is 0 Å². The van der Waals surface area contributed by atoms with Crippen molar-refractivity contribution < 1.29 is 9.59 Å². The Labute approximate surface area is 169 Å². The highest BCUT2D eigenvalue weighted by Crippen LogP contribution is 2.18. The van der Waals surface area contributed by atoms with Crippen LogP contribution in [0.4, 0.5) is 5.82 Å². The third-order valence-electron chi connectivity index (χ3n) is 5.25. The first-order valence-electron chi connectivity index (χ1n) is 9.78. The minimum absolute atomic E-state index is 0.0220. The lowest BCUT2D eigenvalue weighted by Gasteiger charge is -2.34. The summed E-state index contributed by atoms with van der Waals surface area (Å²) in [7, 11) is 0. The first-order valence-corrected chi connectivity index (χ1v) is 9.78. The molecule has 7 heteroatoms. The molecule has 7 nitrogen and oxygen atoms in total. The van der Waals surface area contributed by atoms with Crippen LogP contribution >= 0.6 is 0 Å². The van der Waals surface area contributed by atoms with Crippen LogP contribution in [-0.2, 0) is 0 Å². The highest BCUT2D eigenvalue weighted by Gasteiger charge is 2.21. The molecule has 2 amide bonds. The first-order chi connectivity index (χ1) is 14.2. The molecule has 0 saturated carbocycles. The van der Waals surface area contributed by atoms with Gasteiger partial charge in [0.05, 0.1) is 16.6 Å². The lowest BCUT2D eigenvalue weighted by molar-refractivity contribution is 0.0643. The number of pyridine rings is 2. The van der Waals surface area contributed by atoms with Crippen LogP contribution in [-0.4, -0.2) is 64.3 Å². The van der Waals surface area contributed by atoms with E-state index in [1.807, 2.05) is 29.2 Å². The minimum Gasteiger partial charge on any atom is -0.336 e. The Morgan fingerprint density at radius 2 is 1.79 bits per heavy atom. The number of para-hydroxylation sites is 1. The summed E-state index contributed by atoms with van der Waals surface area (Å²) in [6, 6.07) is 12.6. The number of piperazine rings is 1. The number of rotatable bonds is 4. The molecule has 0 unspecified atom stereocenters. The normalized spacial score (nSPS) is 14.7. The number of likely N-dealkylation sites (N-methyl/N-ethyl adjacent to an activating group) is 1. The molecule has 1 aliphatic rings. The summed E-state index contributed by atoms with van der Waals surface area (Å²) in [5.41, 5.74) is 1.82. The average Bonchev–Trinajstić information content (AvgIpc) is 2.78. The summed E-state index contributed by atoms with van der Waals surface area (Å²) in [5.74, 6) is 0.125. The van der Waals surface area contributed by atoms with Gasteiger partial charge in [0.25, 0.3) is 11.8 Å². The minimum atomic E-state index is -0.258. The Morgan fingerprint density at radius 3 is 2.52 bits per heavy atom. The summed E-state index contributed by atoms with van der Waals surface area (Å²) in [6.45, 7) is 6.36. The fourth-order valence-electron chi connectivity index (χ4n) is 3.52. The largest absolute Gasteiger partial charge is 0.336 e. The summed E-state index contributed by atoms with van der Waals surface area (Å²) >= 11 is 0. The maximum absolute atomic E-state index is 12.7. The Morgan fingerprint density at radius 1 is 1.00 bits per heavy atom. The maximum atomic E-state index is 12.7. The lowest BCUT2D eigenvalue weighted by atomic mass is 10.1. The Hall–Kier alpha value is -3.32. The molecule has 2 aromatic heterocycles. The van der Waals surface area contributed by atoms with E-state index < -0.39 is 0 Å². The van der Waals surface area contributed by atoms with Crippen LogP contribution in [0.3, 0.4) is 0 Å². The predicted octanol–water partition coefficient (Wildman–Crippen LogP) is 2.66. The third kappa shape index (κ3) is 4.09. The van der Waals surface area contributed by atoms with Crippen LogP contribution in [0.15, 0.2) is 54.9 Å². The highest BCUT2D eigenvalue weighted by molar-refractivity contribution is 6.12. The summed E-state index contributed by atoms with van der Waals surface area (Å²) in [5, 5.41) is 3.58. The van der Waals surface area contributed by atoms with Gasteiger partial charge in [0.15, 0.2) is 0 Å². The number of fused-ring (bicyclic) bond motifs is 1. The summed E-state index contributed by atoms with van der Waals surface area (Å²) < 4.78 is 0. The van der Waals surface area contributed by atoms with Gasteiger partial charge in [-0.25, -0.2) is 4.98 Å². The van der Waals surface area contributed by atoms with Gasteiger partial charge in [-0.05, 0) is 30.8 Å². The van der Waals surface area contributed by atoms with Crippen molar-refractivity contribution in [1.82, 2.24) is 19.8 Å². The van der Waals surface area contributed by atoms with Gasteiger partial charge in [-0.2, -0.15) is 0 Å². The molecule has 3 aromatic rings.